The summed E-state index contributed by atoms with van der Waals surface area (Å²) in [6, 6.07) is 5.38. The van der Waals surface area contributed by atoms with Crippen LogP contribution in [0.25, 0.3) is 0 Å². The van der Waals surface area contributed by atoms with Crippen molar-refractivity contribution < 1.29 is 9.18 Å². The maximum absolute atomic E-state index is 13.1. The molecule has 0 radical (unpaired) electrons. The van der Waals surface area contributed by atoms with E-state index < -0.39 is 11.7 Å². The first-order chi connectivity index (χ1) is 9.36. The number of hydrogen-bond donors (Lipinski definition) is 2. The van der Waals surface area contributed by atoms with E-state index in [1.54, 1.807) is 13.0 Å². The van der Waals surface area contributed by atoms with E-state index in [1.165, 1.54) is 12.1 Å². The van der Waals surface area contributed by atoms with E-state index in [4.69, 9.17) is 17.3 Å². The molecule has 20 heavy (non-hydrogen) atoms. The van der Waals surface area contributed by atoms with Crippen molar-refractivity contribution in [2.45, 2.75) is 6.92 Å². The lowest BCUT2D eigenvalue weighted by Gasteiger charge is -2.10. The third-order valence-electron chi connectivity index (χ3n) is 2.48. The number of anilines is 2. The molecule has 3 N–H and O–H groups in total. The van der Waals surface area contributed by atoms with Gasteiger partial charge in [-0.05, 0) is 47.1 Å². The second-order valence-corrected chi connectivity index (χ2v) is 5.38. The van der Waals surface area contributed by atoms with Crippen molar-refractivity contribution >= 4 is 44.9 Å². The van der Waals surface area contributed by atoms with Crippen LogP contribution in [-0.2, 0) is 0 Å². The molecule has 2 rings (SSSR count). The number of aryl methyl sites for hydroxylation is 1. The van der Waals surface area contributed by atoms with Crippen LogP contribution < -0.4 is 11.1 Å². The first-order valence-corrected chi connectivity index (χ1v) is 6.74. The maximum atomic E-state index is 13.1. The molecule has 0 unspecified atom stereocenters. The minimum atomic E-state index is -0.496. The van der Waals surface area contributed by atoms with E-state index in [1.807, 2.05) is 0 Å². The highest BCUT2D eigenvalue weighted by atomic mass is 79.9. The number of halogens is 3. The number of carbonyl (C=O) groups is 1. The quantitative estimate of drug-likeness (QED) is 0.858. The second kappa shape index (κ2) is 5.76. The van der Waals surface area contributed by atoms with Crippen LogP contribution in [0.4, 0.5) is 15.9 Å². The zero-order valence-electron chi connectivity index (χ0n) is 10.4. The van der Waals surface area contributed by atoms with Gasteiger partial charge in [0.1, 0.15) is 11.6 Å². The van der Waals surface area contributed by atoms with E-state index in [2.05, 4.69) is 26.2 Å². The largest absolute Gasteiger partial charge is 0.384 e. The first-order valence-electron chi connectivity index (χ1n) is 5.57. The summed E-state index contributed by atoms with van der Waals surface area (Å²) in [6.45, 7) is 1.73. The molecule has 0 aliphatic carbocycles. The molecule has 0 fully saturated rings. The van der Waals surface area contributed by atoms with E-state index in [0.29, 0.717) is 21.4 Å². The van der Waals surface area contributed by atoms with Crippen molar-refractivity contribution in [3.63, 3.8) is 0 Å². The zero-order valence-corrected chi connectivity index (χ0v) is 12.7. The van der Waals surface area contributed by atoms with E-state index in [0.717, 1.165) is 6.07 Å². The zero-order chi connectivity index (χ0) is 14.9. The van der Waals surface area contributed by atoms with Gasteiger partial charge in [-0.2, -0.15) is 0 Å². The van der Waals surface area contributed by atoms with Crippen LogP contribution in [0.2, 0.25) is 5.02 Å². The summed E-state index contributed by atoms with van der Waals surface area (Å²) in [5, 5.41) is 2.71. The summed E-state index contributed by atoms with van der Waals surface area (Å²) < 4.78 is 13.5. The van der Waals surface area contributed by atoms with Crippen molar-refractivity contribution in [2.75, 3.05) is 11.1 Å². The molecule has 0 atom stereocenters. The maximum Gasteiger partial charge on any atom is 0.255 e. The predicted octanol–water partition coefficient (Wildman–Crippen LogP) is 3.78. The van der Waals surface area contributed by atoms with Gasteiger partial charge in [0.05, 0.1) is 10.7 Å². The lowest BCUT2D eigenvalue weighted by atomic mass is 10.2. The molecule has 104 valence electrons. The molecule has 1 amide bonds. The summed E-state index contributed by atoms with van der Waals surface area (Å²) in [7, 11) is 0. The van der Waals surface area contributed by atoms with Gasteiger partial charge in [-0.3, -0.25) is 4.79 Å². The molecule has 0 bridgehead atoms. The molecule has 1 aromatic heterocycles. The summed E-state index contributed by atoms with van der Waals surface area (Å²) in [5.74, 6) is -0.653. The second-order valence-electron chi connectivity index (χ2n) is 4.12. The molecule has 0 spiro atoms. The van der Waals surface area contributed by atoms with Crippen molar-refractivity contribution in [1.82, 2.24) is 4.98 Å². The monoisotopic (exact) mass is 357 g/mol. The van der Waals surface area contributed by atoms with Crippen LogP contribution in [-0.4, -0.2) is 10.9 Å². The van der Waals surface area contributed by atoms with E-state index in [-0.39, 0.29) is 10.8 Å². The number of pyridine rings is 1. The van der Waals surface area contributed by atoms with Gasteiger partial charge < -0.3 is 11.1 Å². The number of benzene rings is 1. The molecule has 2 aromatic rings. The molecular formula is C13H10BrClFN3O. The Hall–Kier alpha value is -1.66. The van der Waals surface area contributed by atoms with Gasteiger partial charge in [-0.25, -0.2) is 9.37 Å². The molecule has 4 nitrogen and oxygen atoms in total. The first kappa shape index (κ1) is 14.7. The van der Waals surface area contributed by atoms with Crippen LogP contribution >= 0.6 is 27.5 Å². The van der Waals surface area contributed by atoms with Crippen LogP contribution in [0.1, 0.15) is 16.1 Å². The highest BCUT2D eigenvalue weighted by Gasteiger charge is 2.13. The molecular weight excluding hydrogens is 349 g/mol. The van der Waals surface area contributed by atoms with E-state index in [9.17, 15) is 9.18 Å². The third kappa shape index (κ3) is 3.26. The summed E-state index contributed by atoms with van der Waals surface area (Å²) >= 11 is 9.06. The Kier molecular flexibility index (Phi) is 4.25. The molecule has 0 saturated carbocycles. The van der Waals surface area contributed by atoms with Crippen LogP contribution in [0.3, 0.4) is 0 Å². The highest BCUT2D eigenvalue weighted by Crippen LogP contribution is 2.32. The molecule has 0 aliphatic rings. The fraction of sp³-hybridized carbons (Fsp3) is 0.0769. The third-order valence-corrected chi connectivity index (χ3v) is 3.40. The van der Waals surface area contributed by atoms with Crippen LogP contribution in [0.5, 0.6) is 0 Å². The highest BCUT2D eigenvalue weighted by molar-refractivity contribution is 9.10. The number of nitrogens with one attached hydrogen (secondary N) is 1. The molecule has 1 aromatic carbocycles. The molecule has 7 heteroatoms. The Bertz CT molecular complexity index is 650. The number of carbonyl (C=O) groups excluding carboxylic acids is 1. The van der Waals surface area contributed by atoms with Gasteiger partial charge in [0.15, 0.2) is 0 Å². The molecule has 1 heterocycles. The summed E-state index contributed by atoms with van der Waals surface area (Å²) in [5.41, 5.74) is 6.87. The van der Waals surface area contributed by atoms with E-state index >= 15 is 0 Å². The average molecular weight is 359 g/mol. The van der Waals surface area contributed by atoms with Gasteiger partial charge in [0.25, 0.3) is 5.91 Å². The van der Waals surface area contributed by atoms with Crippen LogP contribution in [0, 0.1) is 12.7 Å². The lowest BCUT2D eigenvalue weighted by Crippen LogP contribution is -2.14. The van der Waals surface area contributed by atoms with Crippen molar-refractivity contribution in [3.05, 3.63) is 50.8 Å². The Morgan fingerprint density at radius 3 is 2.70 bits per heavy atom. The lowest BCUT2D eigenvalue weighted by molar-refractivity contribution is 0.102. The fourth-order valence-electron chi connectivity index (χ4n) is 1.67. The number of aromatic nitrogens is 1. The average Bonchev–Trinajstić information content (AvgIpc) is 2.32. The number of amides is 1. The van der Waals surface area contributed by atoms with Crippen LogP contribution in [0.15, 0.2) is 28.7 Å². The minimum absolute atomic E-state index is 0.101. The SMILES string of the molecule is Cc1cc(C(=O)Nc2c(Cl)cc(F)cc2Br)cc(N)n1. The number of hydrogen-bond acceptors (Lipinski definition) is 3. The van der Waals surface area contributed by atoms with Gasteiger partial charge in [-0.15, -0.1) is 0 Å². The molecule has 0 saturated heterocycles. The number of nitrogens with zero attached hydrogens (tertiary/aromatic N) is 1. The summed E-state index contributed by atoms with van der Waals surface area (Å²) in [4.78, 5) is 16.1. The van der Waals surface area contributed by atoms with Gasteiger partial charge in [-0.1, -0.05) is 11.6 Å². The Morgan fingerprint density at radius 1 is 1.40 bits per heavy atom. The Morgan fingerprint density at radius 2 is 2.10 bits per heavy atom. The number of nitrogens with two attached hydrogens (primary N) is 1. The molecule has 0 aliphatic heterocycles. The smallest absolute Gasteiger partial charge is 0.255 e. The van der Waals surface area contributed by atoms with Gasteiger partial charge in [0.2, 0.25) is 0 Å². The topological polar surface area (TPSA) is 68.0 Å². The normalized spacial score (nSPS) is 10.4. The fourth-order valence-corrected chi connectivity index (χ4v) is 2.57. The predicted molar refractivity (Wildman–Crippen MR) is 80.4 cm³/mol. The van der Waals surface area contributed by atoms with Gasteiger partial charge >= 0.3 is 0 Å². The Balaban J connectivity index is 2.32. The minimum Gasteiger partial charge on any atom is -0.384 e. The summed E-state index contributed by atoms with van der Waals surface area (Å²) in [6.07, 6.45) is 0. The van der Waals surface area contributed by atoms with Crippen molar-refractivity contribution in [1.29, 1.82) is 0 Å². The van der Waals surface area contributed by atoms with Crippen molar-refractivity contribution in [3.8, 4) is 0 Å². The van der Waals surface area contributed by atoms with Crippen molar-refractivity contribution in [2.24, 2.45) is 0 Å². The number of nitrogen functional groups attached to an aromatic ring is 1. The number of rotatable bonds is 2. The van der Waals surface area contributed by atoms with Gasteiger partial charge in [0, 0.05) is 15.7 Å². The Labute approximate surface area is 128 Å². The standard InChI is InChI=1S/C13H10BrClFN3O/c1-6-2-7(3-11(17)18-6)13(20)19-12-9(14)4-8(16)5-10(12)15/h2-5H,1H3,(H2,17,18)(H,19,20).